The molecule has 5 aromatic rings. The first kappa shape index (κ1) is 17.4. The molecule has 0 radical (unpaired) electrons. The van der Waals surface area contributed by atoms with Gasteiger partial charge in [-0.3, -0.25) is 0 Å². The molecule has 0 fully saturated rings. The SMILES string of the molecule is COc1cccc(-c2cc3ccccc3c3c2oc2cc(OC)c(OC)cc23)c1. The van der Waals surface area contributed by atoms with Gasteiger partial charge in [0.1, 0.15) is 16.9 Å². The van der Waals surface area contributed by atoms with Crippen molar-refractivity contribution in [2.45, 2.75) is 0 Å². The van der Waals surface area contributed by atoms with Gasteiger partial charge in [-0.25, -0.2) is 0 Å². The molecule has 0 spiro atoms. The molecule has 1 heterocycles. The van der Waals surface area contributed by atoms with Crippen LogP contribution in [0.3, 0.4) is 0 Å². The largest absolute Gasteiger partial charge is 0.497 e. The summed E-state index contributed by atoms with van der Waals surface area (Å²) in [6.07, 6.45) is 0. The van der Waals surface area contributed by atoms with E-state index in [1.165, 1.54) is 0 Å². The molecule has 0 aliphatic rings. The van der Waals surface area contributed by atoms with Gasteiger partial charge in [0.05, 0.1) is 21.3 Å². The highest BCUT2D eigenvalue weighted by atomic mass is 16.5. The molecule has 0 bridgehead atoms. The van der Waals surface area contributed by atoms with Crippen molar-refractivity contribution >= 4 is 32.7 Å². The summed E-state index contributed by atoms with van der Waals surface area (Å²) in [6, 6.07) is 22.4. The molecule has 4 nitrogen and oxygen atoms in total. The maximum atomic E-state index is 6.39. The van der Waals surface area contributed by atoms with E-state index in [2.05, 4.69) is 30.3 Å². The van der Waals surface area contributed by atoms with Crippen molar-refractivity contribution in [2.75, 3.05) is 21.3 Å². The highest BCUT2D eigenvalue weighted by molar-refractivity contribution is 6.22. The number of benzene rings is 4. The predicted molar refractivity (Wildman–Crippen MR) is 116 cm³/mol. The maximum Gasteiger partial charge on any atom is 0.164 e. The summed E-state index contributed by atoms with van der Waals surface area (Å²) in [5.41, 5.74) is 3.66. The van der Waals surface area contributed by atoms with E-state index in [9.17, 15) is 0 Å². The molecule has 0 unspecified atom stereocenters. The van der Waals surface area contributed by atoms with Crippen LogP contribution in [0.25, 0.3) is 43.8 Å². The van der Waals surface area contributed by atoms with Crippen molar-refractivity contribution in [1.29, 1.82) is 0 Å². The fourth-order valence-electron chi connectivity index (χ4n) is 3.96. The monoisotopic (exact) mass is 384 g/mol. The number of fused-ring (bicyclic) bond motifs is 5. The molecule has 29 heavy (non-hydrogen) atoms. The third-order valence-corrected chi connectivity index (χ3v) is 5.35. The lowest BCUT2D eigenvalue weighted by molar-refractivity contribution is 0.355. The van der Waals surface area contributed by atoms with Gasteiger partial charge in [-0.15, -0.1) is 0 Å². The van der Waals surface area contributed by atoms with Crippen LogP contribution in [-0.4, -0.2) is 21.3 Å². The Labute approximate surface area is 168 Å². The first-order valence-corrected chi connectivity index (χ1v) is 9.38. The van der Waals surface area contributed by atoms with E-state index >= 15 is 0 Å². The smallest absolute Gasteiger partial charge is 0.164 e. The maximum absolute atomic E-state index is 6.39. The molecule has 0 atom stereocenters. The van der Waals surface area contributed by atoms with E-state index in [-0.39, 0.29) is 0 Å². The quantitative estimate of drug-likeness (QED) is 0.358. The molecule has 0 amide bonds. The van der Waals surface area contributed by atoms with Crippen molar-refractivity contribution in [1.82, 2.24) is 0 Å². The van der Waals surface area contributed by atoms with Gasteiger partial charge >= 0.3 is 0 Å². The molecule has 0 N–H and O–H groups in total. The highest BCUT2D eigenvalue weighted by Crippen LogP contribution is 2.44. The summed E-state index contributed by atoms with van der Waals surface area (Å²) in [5.74, 6) is 2.13. The van der Waals surface area contributed by atoms with Crippen LogP contribution in [0, 0.1) is 0 Å². The second-order valence-corrected chi connectivity index (χ2v) is 6.89. The van der Waals surface area contributed by atoms with Crippen molar-refractivity contribution < 1.29 is 18.6 Å². The lowest BCUT2D eigenvalue weighted by Gasteiger charge is -2.09. The molecule has 0 saturated carbocycles. The van der Waals surface area contributed by atoms with Crippen molar-refractivity contribution in [2.24, 2.45) is 0 Å². The Hall–Kier alpha value is -3.66. The summed E-state index contributed by atoms with van der Waals surface area (Å²) in [5, 5.41) is 4.35. The summed E-state index contributed by atoms with van der Waals surface area (Å²) in [6.45, 7) is 0. The number of rotatable bonds is 4. The van der Waals surface area contributed by atoms with Crippen LogP contribution >= 0.6 is 0 Å². The van der Waals surface area contributed by atoms with Gasteiger partial charge < -0.3 is 18.6 Å². The number of methoxy groups -OCH3 is 3. The van der Waals surface area contributed by atoms with E-state index in [1.54, 1.807) is 21.3 Å². The summed E-state index contributed by atoms with van der Waals surface area (Å²) in [4.78, 5) is 0. The van der Waals surface area contributed by atoms with E-state index in [0.717, 1.165) is 49.6 Å². The summed E-state index contributed by atoms with van der Waals surface area (Å²) >= 11 is 0. The van der Waals surface area contributed by atoms with Crippen LogP contribution in [0.5, 0.6) is 17.2 Å². The van der Waals surface area contributed by atoms with Gasteiger partial charge in [0.25, 0.3) is 0 Å². The normalized spacial score (nSPS) is 11.3. The van der Waals surface area contributed by atoms with Crippen LogP contribution in [0.2, 0.25) is 0 Å². The number of hydrogen-bond donors (Lipinski definition) is 0. The second kappa shape index (κ2) is 6.74. The molecule has 4 heteroatoms. The minimum absolute atomic E-state index is 0.645. The van der Waals surface area contributed by atoms with Crippen LogP contribution in [-0.2, 0) is 0 Å². The van der Waals surface area contributed by atoms with Crippen LogP contribution in [0.4, 0.5) is 0 Å². The molecular formula is C25H20O4. The minimum Gasteiger partial charge on any atom is -0.497 e. The fourth-order valence-corrected chi connectivity index (χ4v) is 3.96. The topological polar surface area (TPSA) is 40.8 Å². The number of hydrogen-bond acceptors (Lipinski definition) is 4. The van der Waals surface area contributed by atoms with Crippen LogP contribution in [0.15, 0.2) is 71.1 Å². The predicted octanol–water partition coefficient (Wildman–Crippen LogP) is 6.43. The molecular weight excluding hydrogens is 364 g/mol. The minimum atomic E-state index is 0.645. The standard InChI is InChI=1S/C25H20O4/c1-26-17-9-6-8-15(11-17)19-12-16-7-4-5-10-18(16)24-20-13-22(27-2)23(28-3)14-21(20)29-25(19)24/h4-14H,1-3H3. The average molecular weight is 384 g/mol. The van der Waals surface area contributed by atoms with E-state index in [1.807, 2.05) is 36.4 Å². The average Bonchev–Trinajstić information content (AvgIpc) is 3.16. The Kier molecular flexibility index (Phi) is 4.06. The van der Waals surface area contributed by atoms with E-state index in [4.69, 9.17) is 18.6 Å². The second-order valence-electron chi connectivity index (χ2n) is 6.89. The van der Waals surface area contributed by atoms with Crippen molar-refractivity contribution in [3.63, 3.8) is 0 Å². The molecule has 0 saturated heterocycles. The first-order chi connectivity index (χ1) is 14.2. The lowest BCUT2D eigenvalue weighted by atomic mass is 9.96. The van der Waals surface area contributed by atoms with Gasteiger partial charge in [-0.1, -0.05) is 36.4 Å². The molecule has 0 aliphatic carbocycles. The number of ether oxygens (including phenoxy) is 3. The summed E-state index contributed by atoms with van der Waals surface area (Å²) < 4.78 is 22.8. The number of furan rings is 1. The van der Waals surface area contributed by atoms with Crippen molar-refractivity contribution in [3.05, 3.63) is 66.7 Å². The van der Waals surface area contributed by atoms with Gasteiger partial charge in [0.15, 0.2) is 11.5 Å². The summed E-state index contributed by atoms with van der Waals surface area (Å²) in [7, 11) is 4.95. The zero-order valence-corrected chi connectivity index (χ0v) is 16.5. The molecule has 1 aromatic heterocycles. The third-order valence-electron chi connectivity index (χ3n) is 5.35. The molecule has 4 aromatic carbocycles. The fraction of sp³-hybridized carbons (Fsp3) is 0.120. The zero-order valence-electron chi connectivity index (χ0n) is 16.5. The van der Waals surface area contributed by atoms with E-state index < -0.39 is 0 Å². The zero-order chi connectivity index (χ0) is 20.0. The van der Waals surface area contributed by atoms with Gasteiger partial charge in [-0.2, -0.15) is 0 Å². The van der Waals surface area contributed by atoms with E-state index in [0.29, 0.717) is 11.5 Å². The molecule has 0 aliphatic heterocycles. The highest BCUT2D eigenvalue weighted by Gasteiger charge is 2.19. The lowest BCUT2D eigenvalue weighted by Crippen LogP contribution is -1.89. The Balaban J connectivity index is 1.95. The van der Waals surface area contributed by atoms with Crippen LogP contribution < -0.4 is 14.2 Å². The van der Waals surface area contributed by atoms with Gasteiger partial charge in [0, 0.05) is 22.4 Å². The van der Waals surface area contributed by atoms with Gasteiger partial charge in [0.2, 0.25) is 0 Å². The van der Waals surface area contributed by atoms with Crippen LogP contribution in [0.1, 0.15) is 0 Å². The van der Waals surface area contributed by atoms with Crippen molar-refractivity contribution in [3.8, 4) is 28.4 Å². The molecule has 144 valence electrons. The van der Waals surface area contributed by atoms with Gasteiger partial charge in [-0.05, 0) is 40.6 Å². The Bertz CT molecular complexity index is 1360. The Morgan fingerprint density at radius 2 is 1.48 bits per heavy atom. The molecule has 5 rings (SSSR count). The third kappa shape index (κ3) is 2.68. The Morgan fingerprint density at radius 3 is 2.28 bits per heavy atom. The first-order valence-electron chi connectivity index (χ1n) is 9.38. The Morgan fingerprint density at radius 1 is 0.690 bits per heavy atom.